The number of amides is 2. The van der Waals surface area contributed by atoms with Gasteiger partial charge in [0.1, 0.15) is 12.4 Å². The van der Waals surface area contributed by atoms with Crippen LogP contribution in [0.4, 0.5) is 10.1 Å². The highest BCUT2D eigenvalue weighted by molar-refractivity contribution is 6.04. The number of hydrogen-bond donors (Lipinski definition) is 1. The molecule has 27 heavy (non-hydrogen) atoms. The number of carbonyl (C=O) groups is 2. The molecule has 0 saturated carbocycles. The zero-order chi connectivity index (χ0) is 19.2. The Bertz CT molecular complexity index is 783. The van der Waals surface area contributed by atoms with Gasteiger partial charge in [0.05, 0.1) is 18.0 Å². The molecule has 1 aliphatic heterocycles. The fourth-order valence-corrected chi connectivity index (χ4v) is 3.07. The number of rotatable bonds is 6. The molecule has 144 valence electrons. The first kappa shape index (κ1) is 19.0. The van der Waals surface area contributed by atoms with Crippen LogP contribution in [0.5, 0.6) is 0 Å². The van der Waals surface area contributed by atoms with Crippen molar-refractivity contribution >= 4 is 17.5 Å². The molecule has 2 amide bonds. The lowest BCUT2D eigenvalue weighted by Crippen LogP contribution is -2.42. The summed E-state index contributed by atoms with van der Waals surface area (Å²) in [6.07, 6.45) is 5.01. The molecule has 7 nitrogen and oxygen atoms in total. The number of nitrogens with one attached hydrogen (secondary N) is 1. The number of hydrogen-bond acceptors (Lipinski definition) is 4. The van der Waals surface area contributed by atoms with E-state index in [0.29, 0.717) is 30.9 Å². The minimum Gasteiger partial charge on any atom is -0.378 e. The van der Waals surface area contributed by atoms with Gasteiger partial charge in [0.15, 0.2) is 0 Å². The molecule has 3 rings (SSSR count). The highest BCUT2D eigenvalue weighted by Crippen LogP contribution is 2.15. The molecule has 8 heteroatoms. The van der Waals surface area contributed by atoms with Gasteiger partial charge in [0, 0.05) is 31.5 Å². The van der Waals surface area contributed by atoms with Crippen LogP contribution >= 0.6 is 0 Å². The average Bonchev–Trinajstić information content (AvgIpc) is 3.10. The SMILES string of the molecule is CCOC1CCN(C(=O)Cn2cc(NC(=O)c3ccc(F)cc3)cn2)CC1. The first-order chi connectivity index (χ1) is 13.0. The number of anilines is 1. The van der Waals surface area contributed by atoms with Crippen LogP contribution in [0.25, 0.3) is 0 Å². The molecule has 0 spiro atoms. The van der Waals surface area contributed by atoms with Crippen LogP contribution in [-0.4, -0.2) is 52.3 Å². The number of benzene rings is 1. The second-order valence-electron chi connectivity index (χ2n) is 6.42. The molecular weight excluding hydrogens is 351 g/mol. The number of carbonyl (C=O) groups excluding carboxylic acids is 2. The van der Waals surface area contributed by atoms with Crippen molar-refractivity contribution in [3.8, 4) is 0 Å². The van der Waals surface area contributed by atoms with Gasteiger partial charge in [0.25, 0.3) is 5.91 Å². The maximum atomic E-state index is 12.9. The van der Waals surface area contributed by atoms with Gasteiger partial charge in [-0.05, 0) is 44.0 Å². The number of aromatic nitrogens is 2. The van der Waals surface area contributed by atoms with Crippen molar-refractivity contribution in [3.05, 3.63) is 48.0 Å². The Morgan fingerprint density at radius 1 is 1.26 bits per heavy atom. The van der Waals surface area contributed by atoms with E-state index < -0.39 is 5.82 Å². The predicted molar refractivity (Wildman–Crippen MR) is 97.8 cm³/mol. The highest BCUT2D eigenvalue weighted by Gasteiger charge is 2.23. The normalized spacial score (nSPS) is 15.0. The smallest absolute Gasteiger partial charge is 0.255 e. The number of piperidine rings is 1. The average molecular weight is 374 g/mol. The van der Waals surface area contributed by atoms with Gasteiger partial charge < -0.3 is 15.0 Å². The van der Waals surface area contributed by atoms with Gasteiger partial charge in [-0.1, -0.05) is 0 Å². The van der Waals surface area contributed by atoms with Crippen LogP contribution in [-0.2, 0) is 16.1 Å². The van der Waals surface area contributed by atoms with Gasteiger partial charge >= 0.3 is 0 Å². The second kappa shape index (κ2) is 8.77. The molecular formula is C19H23FN4O3. The Balaban J connectivity index is 1.51. The van der Waals surface area contributed by atoms with E-state index in [9.17, 15) is 14.0 Å². The van der Waals surface area contributed by atoms with Crippen LogP contribution in [0.3, 0.4) is 0 Å². The van der Waals surface area contributed by atoms with E-state index in [1.165, 1.54) is 35.1 Å². The fraction of sp³-hybridized carbons (Fsp3) is 0.421. The topological polar surface area (TPSA) is 76.5 Å². The quantitative estimate of drug-likeness (QED) is 0.842. The number of ether oxygens (including phenoxy) is 1. The molecule has 2 aromatic rings. The second-order valence-corrected chi connectivity index (χ2v) is 6.42. The number of likely N-dealkylation sites (tertiary alicyclic amines) is 1. The molecule has 0 unspecified atom stereocenters. The largest absolute Gasteiger partial charge is 0.378 e. The van der Waals surface area contributed by atoms with Crippen LogP contribution in [0.2, 0.25) is 0 Å². The Kier molecular flexibility index (Phi) is 6.18. The van der Waals surface area contributed by atoms with E-state index >= 15 is 0 Å². The molecule has 1 fully saturated rings. The molecule has 0 bridgehead atoms. The van der Waals surface area contributed by atoms with Crippen molar-refractivity contribution in [1.29, 1.82) is 0 Å². The predicted octanol–water partition coefficient (Wildman–Crippen LogP) is 2.30. The molecule has 0 aliphatic carbocycles. The molecule has 1 saturated heterocycles. The molecule has 0 atom stereocenters. The van der Waals surface area contributed by atoms with E-state index in [4.69, 9.17) is 4.74 Å². The molecule has 1 N–H and O–H groups in total. The van der Waals surface area contributed by atoms with Crippen molar-refractivity contribution in [3.63, 3.8) is 0 Å². The van der Waals surface area contributed by atoms with Crippen LogP contribution in [0.15, 0.2) is 36.7 Å². The summed E-state index contributed by atoms with van der Waals surface area (Å²) in [6, 6.07) is 5.27. The van der Waals surface area contributed by atoms with Gasteiger partial charge in [-0.15, -0.1) is 0 Å². The van der Waals surface area contributed by atoms with E-state index in [0.717, 1.165) is 12.8 Å². The lowest BCUT2D eigenvalue weighted by Gasteiger charge is -2.31. The van der Waals surface area contributed by atoms with Crippen molar-refractivity contribution in [2.24, 2.45) is 0 Å². The summed E-state index contributed by atoms with van der Waals surface area (Å²) >= 11 is 0. The minimum absolute atomic E-state index is 0.00976. The lowest BCUT2D eigenvalue weighted by molar-refractivity contribution is -0.134. The monoisotopic (exact) mass is 374 g/mol. The molecule has 2 heterocycles. The number of nitrogens with zero attached hydrogens (tertiary/aromatic N) is 3. The van der Waals surface area contributed by atoms with Crippen molar-refractivity contribution in [1.82, 2.24) is 14.7 Å². The van der Waals surface area contributed by atoms with E-state index in [1.54, 1.807) is 6.20 Å². The van der Waals surface area contributed by atoms with Crippen LogP contribution < -0.4 is 5.32 Å². The Morgan fingerprint density at radius 2 is 1.96 bits per heavy atom. The van der Waals surface area contributed by atoms with Gasteiger partial charge in [0.2, 0.25) is 5.91 Å². The highest BCUT2D eigenvalue weighted by atomic mass is 19.1. The maximum Gasteiger partial charge on any atom is 0.255 e. The summed E-state index contributed by atoms with van der Waals surface area (Å²) in [6.45, 7) is 4.14. The minimum atomic E-state index is -0.400. The Hall–Kier alpha value is -2.74. The van der Waals surface area contributed by atoms with Crippen molar-refractivity contribution < 1.29 is 18.7 Å². The Labute approximate surface area is 157 Å². The third-order valence-corrected chi connectivity index (χ3v) is 4.49. The van der Waals surface area contributed by atoms with Crippen LogP contribution in [0.1, 0.15) is 30.1 Å². The van der Waals surface area contributed by atoms with E-state index in [2.05, 4.69) is 10.4 Å². The summed E-state index contributed by atoms with van der Waals surface area (Å²) in [5.41, 5.74) is 0.824. The van der Waals surface area contributed by atoms with Gasteiger partial charge in [-0.3, -0.25) is 14.3 Å². The molecule has 0 radical (unpaired) electrons. The van der Waals surface area contributed by atoms with E-state index in [1.807, 2.05) is 11.8 Å². The van der Waals surface area contributed by atoms with Crippen molar-refractivity contribution in [2.75, 3.05) is 25.0 Å². The summed E-state index contributed by atoms with van der Waals surface area (Å²) in [5, 5.41) is 6.81. The third-order valence-electron chi connectivity index (χ3n) is 4.49. The summed E-state index contributed by atoms with van der Waals surface area (Å²) < 4.78 is 20.0. The lowest BCUT2D eigenvalue weighted by atomic mass is 10.1. The first-order valence-corrected chi connectivity index (χ1v) is 9.04. The number of halogens is 1. The third kappa shape index (κ3) is 5.13. The van der Waals surface area contributed by atoms with Gasteiger partial charge in [-0.25, -0.2) is 4.39 Å². The van der Waals surface area contributed by atoms with E-state index in [-0.39, 0.29) is 24.5 Å². The first-order valence-electron chi connectivity index (χ1n) is 9.04. The van der Waals surface area contributed by atoms with Crippen molar-refractivity contribution in [2.45, 2.75) is 32.4 Å². The molecule has 1 aromatic carbocycles. The summed E-state index contributed by atoms with van der Waals surface area (Å²) in [7, 11) is 0. The standard InChI is InChI=1S/C19H23FN4O3/c1-2-27-17-7-9-23(10-8-17)18(25)13-24-12-16(11-21-24)22-19(26)14-3-5-15(20)6-4-14/h3-6,11-12,17H,2,7-10,13H2,1H3,(H,22,26). The molecule has 1 aliphatic rings. The Morgan fingerprint density at radius 3 is 2.63 bits per heavy atom. The zero-order valence-corrected chi connectivity index (χ0v) is 15.2. The summed E-state index contributed by atoms with van der Waals surface area (Å²) in [5.74, 6) is -0.772. The maximum absolute atomic E-state index is 12.9. The summed E-state index contributed by atoms with van der Waals surface area (Å²) in [4.78, 5) is 26.4. The van der Waals surface area contributed by atoms with Gasteiger partial charge in [-0.2, -0.15) is 5.10 Å². The molecule has 1 aromatic heterocycles. The van der Waals surface area contributed by atoms with Crippen LogP contribution in [0, 0.1) is 5.82 Å². The fourth-order valence-electron chi connectivity index (χ4n) is 3.07. The zero-order valence-electron chi connectivity index (χ0n) is 15.2.